The van der Waals surface area contributed by atoms with Gasteiger partial charge in [0.1, 0.15) is 0 Å². The third-order valence-electron chi connectivity index (χ3n) is 3.26. The summed E-state index contributed by atoms with van der Waals surface area (Å²) in [5.41, 5.74) is 1.45. The van der Waals surface area contributed by atoms with Gasteiger partial charge >= 0.3 is 6.00 Å². The summed E-state index contributed by atoms with van der Waals surface area (Å²) >= 11 is 18.4. The van der Waals surface area contributed by atoms with E-state index in [1.54, 1.807) is 0 Å². The van der Waals surface area contributed by atoms with Crippen LogP contribution >= 0.6 is 33.2 Å². The van der Waals surface area contributed by atoms with Crippen LogP contribution < -0.4 is 0 Å². The minimum absolute atomic E-state index is 0.571. The van der Waals surface area contributed by atoms with E-state index in [2.05, 4.69) is 37.8 Å². The fraction of sp³-hybridized carbons (Fsp3) is 0.636. The molecule has 0 spiro atoms. The van der Waals surface area contributed by atoms with Crippen LogP contribution in [0.3, 0.4) is 0 Å². The molecule has 0 saturated carbocycles. The molecule has 0 aromatic carbocycles. The Morgan fingerprint density at radius 3 is 2.12 bits per heavy atom. The molecule has 1 aliphatic carbocycles. The van der Waals surface area contributed by atoms with Crippen molar-refractivity contribution in [3.63, 3.8) is 0 Å². The summed E-state index contributed by atoms with van der Waals surface area (Å²) in [4.78, 5) is 0. The lowest BCUT2D eigenvalue weighted by Crippen LogP contribution is -2.40. The molecule has 0 aromatic heterocycles. The Balaban J connectivity index is 2.75. The van der Waals surface area contributed by atoms with Crippen molar-refractivity contribution in [3.8, 4) is 0 Å². The molecule has 16 heavy (non-hydrogen) atoms. The lowest BCUT2D eigenvalue weighted by molar-refractivity contribution is 0.859. The minimum Gasteiger partial charge on any atom is -0.126 e. The second-order valence-electron chi connectivity index (χ2n) is 4.85. The van der Waals surface area contributed by atoms with Crippen LogP contribution in [-0.4, -0.2) is 14.1 Å². The number of hydrogen-bond acceptors (Lipinski definition) is 0. The van der Waals surface area contributed by atoms with E-state index in [1.807, 2.05) is 0 Å². The van der Waals surface area contributed by atoms with Gasteiger partial charge < -0.3 is 0 Å². The van der Waals surface area contributed by atoms with Crippen molar-refractivity contribution in [2.75, 3.05) is 0 Å². The highest BCUT2D eigenvalue weighted by atomic mass is 35.8. The Labute approximate surface area is 115 Å². The first-order chi connectivity index (χ1) is 7.37. The van der Waals surface area contributed by atoms with Gasteiger partial charge in [0, 0.05) is 0 Å². The van der Waals surface area contributed by atoms with Crippen LogP contribution in [0, 0.1) is 0 Å². The van der Waals surface area contributed by atoms with Crippen LogP contribution in [0.4, 0.5) is 0 Å². The third-order valence-corrected chi connectivity index (χ3v) is 15.2. The standard InChI is InChI=1S/C11H19Cl3Si2/c1-3-4-9-15(2,10-16(12,13)14)11-7-5-6-8-11/h5-8,11H,3-4,9-10H2,1-2H3. The zero-order valence-electron chi connectivity index (χ0n) is 9.85. The molecule has 1 rings (SSSR count). The summed E-state index contributed by atoms with van der Waals surface area (Å²) in [6, 6.07) is -1.23. The monoisotopic (exact) mass is 312 g/mol. The molecule has 0 radical (unpaired) electrons. The zero-order chi connectivity index (χ0) is 12.2. The average Bonchev–Trinajstić information content (AvgIpc) is 2.65. The molecule has 0 aromatic rings. The van der Waals surface area contributed by atoms with Crippen molar-refractivity contribution in [3.05, 3.63) is 24.3 Å². The molecule has 0 heterocycles. The van der Waals surface area contributed by atoms with Gasteiger partial charge in [0.25, 0.3) is 0 Å². The van der Waals surface area contributed by atoms with Crippen LogP contribution in [0.1, 0.15) is 19.8 Å². The summed E-state index contributed by atoms with van der Waals surface area (Å²) in [7, 11) is -1.48. The molecule has 0 saturated heterocycles. The molecular formula is C11H19Cl3Si2. The summed E-state index contributed by atoms with van der Waals surface area (Å²) in [5.74, 6) is 0. The van der Waals surface area contributed by atoms with E-state index >= 15 is 0 Å². The molecule has 92 valence electrons. The van der Waals surface area contributed by atoms with Gasteiger partial charge in [-0.15, -0.1) is 33.2 Å². The lowest BCUT2D eigenvalue weighted by Gasteiger charge is -2.33. The maximum atomic E-state index is 6.13. The van der Waals surface area contributed by atoms with Gasteiger partial charge in [-0.2, -0.15) is 0 Å². The fourth-order valence-corrected chi connectivity index (χ4v) is 18.5. The molecule has 0 nitrogen and oxygen atoms in total. The van der Waals surface area contributed by atoms with Crippen LogP contribution in [0.25, 0.3) is 0 Å². The van der Waals surface area contributed by atoms with Gasteiger partial charge in [-0.3, -0.25) is 0 Å². The highest BCUT2D eigenvalue weighted by Crippen LogP contribution is 2.42. The highest BCUT2D eigenvalue weighted by molar-refractivity contribution is 7.66. The first-order valence-electron chi connectivity index (χ1n) is 5.79. The van der Waals surface area contributed by atoms with Gasteiger partial charge in [0.15, 0.2) is 0 Å². The second-order valence-corrected chi connectivity index (χ2v) is 19.5. The van der Waals surface area contributed by atoms with Crippen LogP contribution in [-0.2, 0) is 0 Å². The van der Waals surface area contributed by atoms with E-state index in [4.69, 9.17) is 33.2 Å². The Morgan fingerprint density at radius 1 is 1.12 bits per heavy atom. The quantitative estimate of drug-likeness (QED) is 0.445. The zero-order valence-corrected chi connectivity index (χ0v) is 14.1. The smallest absolute Gasteiger partial charge is 0.126 e. The molecule has 1 aliphatic rings. The van der Waals surface area contributed by atoms with Gasteiger partial charge in [-0.25, -0.2) is 0 Å². The number of hydrogen-bond donors (Lipinski definition) is 0. The Hall–Kier alpha value is 0.784. The van der Waals surface area contributed by atoms with Gasteiger partial charge in [0.05, 0.1) is 8.07 Å². The molecule has 0 N–H and O–H groups in total. The summed E-state index contributed by atoms with van der Waals surface area (Å²) < 4.78 is 0. The van der Waals surface area contributed by atoms with E-state index in [-0.39, 0.29) is 0 Å². The summed E-state index contributed by atoms with van der Waals surface area (Å²) in [5, 5.41) is 0. The predicted octanol–water partition coefficient (Wildman–Crippen LogP) is 5.56. The van der Waals surface area contributed by atoms with E-state index in [9.17, 15) is 0 Å². The van der Waals surface area contributed by atoms with E-state index in [0.717, 1.165) is 5.67 Å². The van der Waals surface area contributed by atoms with Crippen molar-refractivity contribution < 1.29 is 0 Å². The van der Waals surface area contributed by atoms with Gasteiger partial charge in [-0.1, -0.05) is 56.7 Å². The first-order valence-corrected chi connectivity index (χ1v) is 14.0. The van der Waals surface area contributed by atoms with E-state index < -0.39 is 14.1 Å². The normalized spacial score (nSPS) is 20.3. The molecule has 1 unspecified atom stereocenters. The topological polar surface area (TPSA) is 0 Å². The van der Waals surface area contributed by atoms with Crippen molar-refractivity contribution >= 4 is 47.3 Å². The summed E-state index contributed by atoms with van der Waals surface area (Å²) in [6.45, 7) is 4.62. The number of unbranched alkanes of at least 4 members (excludes halogenated alkanes) is 1. The average molecular weight is 314 g/mol. The van der Waals surface area contributed by atoms with Crippen LogP contribution in [0.5, 0.6) is 0 Å². The van der Waals surface area contributed by atoms with E-state index in [1.165, 1.54) is 18.9 Å². The molecule has 0 amide bonds. The Kier molecular flexibility index (Phi) is 5.66. The highest BCUT2D eigenvalue weighted by Gasteiger charge is 2.42. The van der Waals surface area contributed by atoms with Gasteiger partial charge in [0.2, 0.25) is 0 Å². The second kappa shape index (κ2) is 6.10. The fourth-order valence-electron chi connectivity index (χ4n) is 2.31. The number of rotatable bonds is 6. The molecule has 0 bridgehead atoms. The van der Waals surface area contributed by atoms with Crippen LogP contribution in [0.15, 0.2) is 24.3 Å². The van der Waals surface area contributed by atoms with Crippen molar-refractivity contribution in [1.82, 2.24) is 0 Å². The number of allylic oxidation sites excluding steroid dienone is 4. The molecule has 0 fully saturated rings. The first kappa shape index (κ1) is 14.8. The largest absolute Gasteiger partial charge is 0.339 e. The SMILES string of the molecule is CCCC[Si](C)(C[Si](Cl)(Cl)Cl)C1C=CC=C1. The van der Waals surface area contributed by atoms with Crippen LogP contribution in [0.2, 0.25) is 23.8 Å². The minimum atomic E-state index is -2.50. The van der Waals surface area contributed by atoms with Crippen molar-refractivity contribution in [2.45, 2.75) is 43.6 Å². The predicted molar refractivity (Wildman–Crippen MR) is 81.5 cm³/mol. The molecule has 5 heteroatoms. The molecule has 0 aliphatic heterocycles. The van der Waals surface area contributed by atoms with E-state index in [0.29, 0.717) is 5.54 Å². The maximum absolute atomic E-state index is 6.13. The number of halogens is 3. The Bertz CT molecular complexity index is 271. The Morgan fingerprint density at radius 2 is 1.69 bits per heavy atom. The van der Waals surface area contributed by atoms with Gasteiger partial charge in [-0.05, 0) is 11.2 Å². The molecular weight excluding hydrogens is 295 g/mol. The van der Waals surface area contributed by atoms with Crippen molar-refractivity contribution in [2.24, 2.45) is 0 Å². The lowest BCUT2D eigenvalue weighted by atomic mass is 10.4. The third kappa shape index (κ3) is 4.57. The molecule has 1 atom stereocenters. The van der Waals surface area contributed by atoms with Crippen molar-refractivity contribution in [1.29, 1.82) is 0 Å². The summed E-state index contributed by atoms with van der Waals surface area (Å²) in [6.07, 6.45) is 11.3. The maximum Gasteiger partial charge on any atom is 0.339 e.